The highest BCUT2D eigenvalue weighted by Gasteiger charge is 2.60. The van der Waals surface area contributed by atoms with Gasteiger partial charge in [-0.25, -0.2) is 0 Å². The number of fused-ring (bicyclic) bond motifs is 2. The lowest BCUT2D eigenvalue weighted by atomic mass is 9.55. The number of rotatable bonds is 4. The number of quaternary nitrogens is 1. The van der Waals surface area contributed by atoms with Crippen LogP contribution < -0.4 is 4.90 Å². The van der Waals surface area contributed by atoms with E-state index in [1.807, 2.05) is 0 Å². The minimum atomic E-state index is -0.469. The van der Waals surface area contributed by atoms with Gasteiger partial charge in [-0.05, 0) is 70.1 Å². The number of ether oxygens (including phenoxy) is 1. The van der Waals surface area contributed by atoms with Crippen LogP contribution in [-0.4, -0.2) is 41.9 Å². The Morgan fingerprint density at radius 2 is 1.65 bits per heavy atom. The molecule has 3 saturated carbocycles. The second-order valence-electron chi connectivity index (χ2n) is 11.7. The van der Waals surface area contributed by atoms with Gasteiger partial charge in [0, 0.05) is 17.8 Å². The summed E-state index contributed by atoms with van der Waals surface area (Å²) in [4.78, 5) is 14.9. The third kappa shape index (κ3) is 3.80. The van der Waals surface area contributed by atoms with E-state index >= 15 is 0 Å². The molecule has 0 aromatic rings. The first-order valence-electron chi connectivity index (χ1n) is 13.4. The van der Waals surface area contributed by atoms with Gasteiger partial charge in [0.1, 0.15) is 12.0 Å². The van der Waals surface area contributed by atoms with Gasteiger partial charge >= 0.3 is 5.97 Å². The summed E-state index contributed by atoms with van der Waals surface area (Å²) in [5.41, 5.74) is 1.15. The number of allylic oxidation sites excluding steroid dienone is 1. The molecule has 31 heavy (non-hydrogen) atoms. The molecular weight excluding hydrogens is 386 g/mol. The van der Waals surface area contributed by atoms with Crippen LogP contribution in [0.3, 0.4) is 0 Å². The Morgan fingerprint density at radius 1 is 1.03 bits per heavy atom. The van der Waals surface area contributed by atoms with Gasteiger partial charge in [-0.3, -0.25) is 4.79 Å². The Morgan fingerprint density at radius 3 is 2.26 bits per heavy atom. The average Bonchev–Trinajstić information content (AvgIpc) is 3.10. The zero-order valence-electron chi connectivity index (χ0n) is 19.8. The van der Waals surface area contributed by atoms with Crippen molar-refractivity contribution in [2.24, 2.45) is 23.2 Å². The summed E-state index contributed by atoms with van der Waals surface area (Å²) in [6.07, 6.45) is 18.2. The van der Waals surface area contributed by atoms with Crippen molar-refractivity contribution in [3.8, 4) is 0 Å². The third-order valence-corrected chi connectivity index (χ3v) is 10.3. The fourth-order valence-corrected chi connectivity index (χ4v) is 8.16. The van der Waals surface area contributed by atoms with Crippen molar-refractivity contribution >= 4 is 5.97 Å². The molecule has 4 fully saturated rings. The first kappa shape index (κ1) is 21.9. The molecule has 0 aromatic carbocycles. The SMILES string of the molecule is C[C@@H]1CCC=C2C[C@H]3OC(=O)[C@@H](C[NH+](C4CCCCC4)C4CCCCC4)[C@H]3[C@H](O)[C@@]21C. The summed E-state index contributed by atoms with van der Waals surface area (Å²) >= 11 is 0. The summed E-state index contributed by atoms with van der Waals surface area (Å²) in [5, 5.41) is 11.7. The number of nitrogens with one attached hydrogen (secondary N) is 1. The molecule has 6 atom stereocenters. The van der Waals surface area contributed by atoms with Crippen molar-refractivity contribution in [2.75, 3.05) is 6.54 Å². The summed E-state index contributed by atoms with van der Waals surface area (Å²) < 4.78 is 6.00. The van der Waals surface area contributed by atoms with Crippen LogP contribution in [-0.2, 0) is 9.53 Å². The molecule has 5 rings (SSSR count). The molecule has 174 valence electrons. The zero-order valence-corrected chi connectivity index (χ0v) is 19.8. The van der Waals surface area contributed by atoms with E-state index in [-0.39, 0.29) is 29.3 Å². The van der Waals surface area contributed by atoms with Gasteiger partial charge in [0.15, 0.2) is 0 Å². The summed E-state index contributed by atoms with van der Waals surface area (Å²) in [6.45, 7) is 5.44. The number of carbonyl (C=O) groups excluding carboxylic acids is 1. The van der Waals surface area contributed by atoms with Crippen molar-refractivity contribution in [1.82, 2.24) is 0 Å². The number of aliphatic hydroxyl groups is 1. The van der Waals surface area contributed by atoms with Crippen LogP contribution >= 0.6 is 0 Å². The maximum Gasteiger partial charge on any atom is 0.315 e. The van der Waals surface area contributed by atoms with Crippen LogP contribution in [0.1, 0.15) is 97.3 Å². The van der Waals surface area contributed by atoms with Crippen LogP contribution in [0.4, 0.5) is 0 Å². The van der Waals surface area contributed by atoms with Gasteiger partial charge in [0.05, 0.1) is 24.7 Å². The van der Waals surface area contributed by atoms with E-state index in [9.17, 15) is 9.90 Å². The summed E-state index contributed by atoms with van der Waals surface area (Å²) in [6, 6.07) is 1.40. The molecular formula is C27H44NO3+. The molecule has 1 saturated heterocycles. The predicted molar refractivity (Wildman–Crippen MR) is 122 cm³/mol. The molecule has 0 bridgehead atoms. The highest BCUT2D eigenvalue weighted by Crippen LogP contribution is 2.55. The van der Waals surface area contributed by atoms with Gasteiger partial charge < -0.3 is 14.7 Å². The lowest BCUT2D eigenvalue weighted by Gasteiger charge is -2.52. The number of carbonyl (C=O) groups is 1. The van der Waals surface area contributed by atoms with Crippen LogP contribution in [0.15, 0.2) is 11.6 Å². The Balaban J connectivity index is 1.41. The smallest absolute Gasteiger partial charge is 0.315 e. The lowest BCUT2D eigenvalue weighted by Crippen LogP contribution is -3.20. The number of esters is 1. The first-order valence-corrected chi connectivity index (χ1v) is 13.4. The van der Waals surface area contributed by atoms with E-state index in [4.69, 9.17) is 4.74 Å². The third-order valence-electron chi connectivity index (χ3n) is 10.3. The fraction of sp³-hybridized carbons (Fsp3) is 0.889. The molecule has 1 aliphatic heterocycles. The Labute approximate surface area is 188 Å². The van der Waals surface area contributed by atoms with Gasteiger partial charge in [-0.2, -0.15) is 0 Å². The van der Waals surface area contributed by atoms with Crippen molar-refractivity contribution in [1.29, 1.82) is 0 Å². The monoisotopic (exact) mass is 430 g/mol. The fourth-order valence-electron chi connectivity index (χ4n) is 8.16. The van der Waals surface area contributed by atoms with E-state index < -0.39 is 6.10 Å². The zero-order chi connectivity index (χ0) is 21.6. The van der Waals surface area contributed by atoms with Gasteiger partial charge in [-0.15, -0.1) is 0 Å². The Kier molecular flexibility index (Phi) is 6.24. The maximum absolute atomic E-state index is 13.2. The number of hydrogen-bond acceptors (Lipinski definition) is 3. The highest BCUT2D eigenvalue weighted by atomic mass is 16.6. The molecule has 0 unspecified atom stereocenters. The standard InChI is InChI=1S/C27H43NO3/c1-18-10-9-11-19-16-23-24(25(29)27(18,19)2)22(26(30)31-23)17-28(20-12-5-3-6-13-20)21-14-7-4-8-15-21/h11,18,20-25,29H,3-10,12-17H2,1-2H3/p+1/t18-,22+,23-,24-,25+,27-/m1/s1. The maximum atomic E-state index is 13.2. The molecule has 0 aromatic heterocycles. The van der Waals surface area contributed by atoms with E-state index in [1.54, 1.807) is 4.90 Å². The summed E-state index contributed by atoms with van der Waals surface area (Å²) in [5.74, 6) is 0.275. The molecule has 0 radical (unpaired) electrons. The second kappa shape index (κ2) is 8.82. The minimum Gasteiger partial charge on any atom is -0.461 e. The molecule has 2 N–H and O–H groups in total. The predicted octanol–water partition coefficient (Wildman–Crippen LogP) is 3.82. The largest absolute Gasteiger partial charge is 0.461 e. The molecule has 4 nitrogen and oxygen atoms in total. The molecule has 4 heteroatoms. The minimum absolute atomic E-state index is 0.0198. The second-order valence-corrected chi connectivity index (χ2v) is 11.7. The van der Waals surface area contributed by atoms with Crippen LogP contribution in [0.2, 0.25) is 0 Å². The van der Waals surface area contributed by atoms with E-state index in [2.05, 4.69) is 19.9 Å². The topological polar surface area (TPSA) is 51.0 Å². The number of aliphatic hydroxyl groups excluding tert-OH is 1. The van der Waals surface area contributed by atoms with E-state index in [0.29, 0.717) is 18.0 Å². The van der Waals surface area contributed by atoms with Crippen LogP contribution in [0.25, 0.3) is 0 Å². The molecule has 5 aliphatic rings. The van der Waals surface area contributed by atoms with Crippen molar-refractivity contribution < 1.29 is 19.5 Å². The molecule has 1 heterocycles. The van der Waals surface area contributed by atoms with E-state index in [1.165, 1.54) is 69.8 Å². The van der Waals surface area contributed by atoms with Gasteiger partial charge in [0.25, 0.3) is 0 Å². The first-order chi connectivity index (χ1) is 15.0. The quantitative estimate of drug-likeness (QED) is 0.527. The average molecular weight is 431 g/mol. The lowest BCUT2D eigenvalue weighted by molar-refractivity contribution is -0.954. The van der Waals surface area contributed by atoms with Crippen LogP contribution in [0, 0.1) is 23.2 Å². The van der Waals surface area contributed by atoms with Gasteiger partial charge in [0.2, 0.25) is 0 Å². The normalized spacial score (nSPS) is 42.1. The molecule has 4 aliphatic carbocycles. The van der Waals surface area contributed by atoms with Crippen molar-refractivity contribution in [2.45, 2.75) is 122 Å². The summed E-state index contributed by atoms with van der Waals surface area (Å²) in [7, 11) is 0. The van der Waals surface area contributed by atoms with Crippen molar-refractivity contribution in [3.63, 3.8) is 0 Å². The Hall–Kier alpha value is -0.870. The Bertz CT molecular complexity index is 675. The van der Waals surface area contributed by atoms with Crippen LogP contribution in [0.5, 0.6) is 0 Å². The van der Waals surface area contributed by atoms with Gasteiger partial charge in [-0.1, -0.05) is 38.3 Å². The number of hydrogen-bond donors (Lipinski definition) is 2. The van der Waals surface area contributed by atoms with E-state index in [0.717, 1.165) is 25.8 Å². The molecule has 0 amide bonds. The molecule has 0 spiro atoms. The van der Waals surface area contributed by atoms with Crippen molar-refractivity contribution in [3.05, 3.63) is 11.6 Å². The highest BCUT2D eigenvalue weighted by molar-refractivity contribution is 5.76.